The Hall–Kier alpha value is -2.82. The Bertz CT molecular complexity index is 752. The molecule has 0 saturated heterocycles. The summed E-state index contributed by atoms with van der Waals surface area (Å²) in [5.74, 6) is 0.259. The number of amides is 3. The van der Waals surface area contributed by atoms with E-state index in [0.717, 1.165) is 11.3 Å². The van der Waals surface area contributed by atoms with Crippen molar-refractivity contribution >= 4 is 17.6 Å². The number of carbonyl (C=O) groups excluding carboxylic acids is 2. The first-order chi connectivity index (χ1) is 12.3. The fourth-order valence-corrected chi connectivity index (χ4v) is 2.45. The van der Waals surface area contributed by atoms with Crippen molar-refractivity contribution in [1.82, 2.24) is 10.6 Å². The number of rotatable bonds is 6. The molecule has 3 N–H and O–H groups in total. The first-order valence-electron chi connectivity index (χ1n) is 8.89. The molecule has 0 spiro atoms. The summed E-state index contributed by atoms with van der Waals surface area (Å²) < 4.78 is 0. The van der Waals surface area contributed by atoms with Crippen molar-refractivity contribution in [3.05, 3.63) is 65.2 Å². The molecule has 26 heavy (non-hydrogen) atoms. The lowest BCUT2D eigenvalue weighted by atomic mass is 10.0. The maximum absolute atomic E-state index is 12.4. The van der Waals surface area contributed by atoms with Gasteiger partial charge in [0.2, 0.25) is 0 Å². The van der Waals surface area contributed by atoms with Crippen molar-refractivity contribution in [2.24, 2.45) is 0 Å². The lowest BCUT2D eigenvalue weighted by Crippen LogP contribution is -2.39. The number of hydrogen-bond donors (Lipinski definition) is 3. The molecule has 2 aromatic rings. The van der Waals surface area contributed by atoms with Gasteiger partial charge in [-0.3, -0.25) is 4.79 Å². The highest BCUT2D eigenvalue weighted by Gasteiger charge is 2.08. The molecule has 0 aromatic heterocycles. The van der Waals surface area contributed by atoms with E-state index in [1.54, 1.807) is 12.1 Å². The molecule has 0 bridgehead atoms. The van der Waals surface area contributed by atoms with E-state index in [4.69, 9.17) is 0 Å². The van der Waals surface area contributed by atoms with Crippen LogP contribution in [0.3, 0.4) is 0 Å². The van der Waals surface area contributed by atoms with Crippen LogP contribution in [-0.2, 0) is 6.54 Å². The number of anilines is 1. The molecule has 0 radical (unpaired) electrons. The molecule has 5 heteroatoms. The van der Waals surface area contributed by atoms with Gasteiger partial charge in [-0.25, -0.2) is 4.79 Å². The van der Waals surface area contributed by atoms with E-state index >= 15 is 0 Å². The molecular formula is C21H27N3O2. The van der Waals surface area contributed by atoms with Gasteiger partial charge in [0.25, 0.3) is 5.91 Å². The van der Waals surface area contributed by atoms with E-state index in [1.807, 2.05) is 44.2 Å². The van der Waals surface area contributed by atoms with Crippen LogP contribution in [-0.4, -0.2) is 18.0 Å². The van der Waals surface area contributed by atoms with Gasteiger partial charge in [0.05, 0.1) is 0 Å². The zero-order valence-corrected chi connectivity index (χ0v) is 15.8. The third-order valence-corrected chi connectivity index (χ3v) is 3.90. The Morgan fingerprint density at radius 2 is 1.65 bits per heavy atom. The van der Waals surface area contributed by atoms with Gasteiger partial charge in [-0.05, 0) is 55.2 Å². The van der Waals surface area contributed by atoms with Crippen molar-refractivity contribution in [2.45, 2.75) is 46.2 Å². The van der Waals surface area contributed by atoms with Crippen molar-refractivity contribution in [3.8, 4) is 0 Å². The van der Waals surface area contributed by atoms with Gasteiger partial charge in [-0.1, -0.05) is 38.1 Å². The number of urea groups is 1. The highest BCUT2D eigenvalue weighted by atomic mass is 16.2. The molecule has 3 amide bonds. The van der Waals surface area contributed by atoms with Gasteiger partial charge in [-0.2, -0.15) is 0 Å². The Labute approximate surface area is 155 Å². The average molecular weight is 353 g/mol. The van der Waals surface area contributed by atoms with Crippen molar-refractivity contribution in [2.75, 3.05) is 5.32 Å². The molecular weight excluding hydrogens is 326 g/mol. The second-order valence-electron chi connectivity index (χ2n) is 6.91. The van der Waals surface area contributed by atoms with E-state index in [0.29, 0.717) is 18.0 Å². The van der Waals surface area contributed by atoms with Gasteiger partial charge in [0.15, 0.2) is 0 Å². The van der Waals surface area contributed by atoms with E-state index in [-0.39, 0.29) is 18.0 Å². The van der Waals surface area contributed by atoms with Gasteiger partial charge in [0, 0.05) is 23.8 Å². The van der Waals surface area contributed by atoms with Crippen LogP contribution in [0.1, 0.15) is 55.1 Å². The number of nitrogens with one attached hydrogen (secondary N) is 3. The van der Waals surface area contributed by atoms with Gasteiger partial charge in [0.1, 0.15) is 0 Å². The van der Waals surface area contributed by atoms with E-state index in [2.05, 4.69) is 35.9 Å². The van der Waals surface area contributed by atoms with Crippen LogP contribution in [0, 0.1) is 0 Å². The minimum Gasteiger partial charge on any atom is -0.336 e. The summed E-state index contributed by atoms with van der Waals surface area (Å²) in [6.07, 6.45) is 0. The highest BCUT2D eigenvalue weighted by molar-refractivity contribution is 6.04. The third kappa shape index (κ3) is 5.92. The van der Waals surface area contributed by atoms with Crippen LogP contribution in [0.4, 0.5) is 10.5 Å². The average Bonchev–Trinajstić information content (AvgIpc) is 2.60. The van der Waals surface area contributed by atoms with Crippen molar-refractivity contribution in [1.29, 1.82) is 0 Å². The molecule has 0 aliphatic carbocycles. The van der Waals surface area contributed by atoms with Gasteiger partial charge < -0.3 is 16.0 Å². The highest BCUT2D eigenvalue weighted by Crippen LogP contribution is 2.19. The maximum atomic E-state index is 12.4. The fraction of sp³-hybridized carbons (Fsp3) is 0.333. The van der Waals surface area contributed by atoms with Crippen LogP contribution in [0.5, 0.6) is 0 Å². The molecule has 2 rings (SSSR count). The number of hydrogen-bond acceptors (Lipinski definition) is 2. The molecule has 0 heterocycles. The zero-order valence-electron chi connectivity index (χ0n) is 15.8. The zero-order chi connectivity index (χ0) is 19.1. The predicted octanol–water partition coefficient (Wildman–Crippen LogP) is 4.27. The minimum atomic E-state index is -0.202. The summed E-state index contributed by atoms with van der Waals surface area (Å²) in [4.78, 5) is 24.0. The van der Waals surface area contributed by atoms with Crippen LogP contribution in [0.2, 0.25) is 0 Å². The van der Waals surface area contributed by atoms with E-state index in [1.165, 1.54) is 5.56 Å². The normalized spacial score (nSPS) is 10.7. The van der Waals surface area contributed by atoms with Crippen LogP contribution >= 0.6 is 0 Å². The molecule has 5 nitrogen and oxygen atoms in total. The molecule has 0 atom stereocenters. The topological polar surface area (TPSA) is 70.2 Å². The van der Waals surface area contributed by atoms with Crippen molar-refractivity contribution in [3.63, 3.8) is 0 Å². The second kappa shape index (κ2) is 9.04. The lowest BCUT2D eigenvalue weighted by molar-refractivity contribution is 0.102. The van der Waals surface area contributed by atoms with Crippen LogP contribution in [0.25, 0.3) is 0 Å². The van der Waals surface area contributed by atoms with Crippen LogP contribution < -0.4 is 16.0 Å². The molecule has 2 aromatic carbocycles. The summed E-state index contributed by atoms with van der Waals surface area (Å²) in [7, 11) is 0. The maximum Gasteiger partial charge on any atom is 0.315 e. The molecule has 0 unspecified atom stereocenters. The largest absolute Gasteiger partial charge is 0.336 e. The summed E-state index contributed by atoms with van der Waals surface area (Å²) >= 11 is 0. The Morgan fingerprint density at radius 3 is 2.27 bits per heavy atom. The second-order valence-corrected chi connectivity index (χ2v) is 6.91. The Kier molecular flexibility index (Phi) is 6.78. The van der Waals surface area contributed by atoms with E-state index < -0.39 is 0 Å². The predicted molar refractivity (Wildman–Crippen MR) is 105 cm³/mol. The minimum absolute atomic E-state index is 0.0928. The van der Waals surface area contributed by atoms with Crippen LogP contribution in [0.15, 0.2) is 48.5 Å². The first kappa shape index (κ1) is 19.5. The standard InChI is InChI=1S/C21H27N3O2/c1-14(2)18-6-5-7-19(12-18)24-20(25)17-10-8-16(9-11-17)13-22-21(26)23-15(3)4/h5-12,14-15H,13H2,1-4H3,(H,24,25)(H2,22,23,26). The summed E-state index contributed by atoms with van der Waals surface area (Å²) in [6.45, 7) is 8.47. The lowest BCUT2D eigenvalue weighted by Gasteiger charge is -2.11. The van der Waals surface area contributed by atoms with Gasteiger partial charge in [-0.15, -0.1) is 0 Å². The number of benzene rings is 2. The van der Waals surface area contributed by atoms with E-state index in [9.17, 15) is 9.59 Å². The summed E-state index contributed by atoms with van der Waals surface area (Å²) in [5, 5.41) is 8.48. The molecule has 0 aliphatic rings. The summed E-state index contributed by atoms with van der Waals surface area (Å²) in [5.41, 5.74) is 3.48. The monoisotopic (exact) mass is 353 g/mol. The van der Waals surface area contributed by atoms with Crippen molar-refractivity contribution < 1.29 is 9.59 Å². The quantitative estimate of drug-likeness (QED) is 0.726. The molecule has 0 aliphatic heterocycles. The molecule has 0 saturated carbocycles. The Morgan fingerprint density at radius 1 is 0.962 bits per heavy atom. The first-order valence-corrected chi connectivity index (χ1v) is 8.89. The molecule has 138 valence electrons. The molecule has 0 fully saturated rings. The smallest absolute Gasteiger partial charge is 0.315 e. The summed E-state index contributed by atoms with van der Waals surface area (Å²) in [6, 6.07) is 15.0. The number of carbonyl (C=O) groups is 2. The third-order valence-electron chi connectivity index (χ3n) is 3.90. The SMILES string of the molecule is CC(C)NC(=O)NCc1ccc(C(=O)Nc2cccc(C(C)C)c2)cc1. The Balaban J connectivity index is 1.94. The van der Waals surface area contributed by atoms with Gasteiger partial charge >= 0.3 is 6.03 Å². The fourth-order valence-electron chi connectivity index (χ4n) is 2.45.